The van der Waals surface area contributed by atoms with E-state index < -0.39 is 0 Å². The van der Waals surface area contributed by atoms with Gasteiger partial charge in [0.15, 0.2) is 0 Å². The van der Waals surface area contributed by atoms with Gasteiger partial charge in [-0.15, -0.1) is 0 Å². The normalized spacial score (nSPS) is 10.4. The van der Waals surface area contributed by atoms with Crippen LogP contribution in [0, 0.1) is 12.7 Å². The predicted molar refractivity (Wildman–Crippen MR) is 65.5 cm³/mol. The molecular weight excluding hydrogens is 233 g/mol. The van der Waals surface area contributed by atoms with Crippen LogP contribution in [-0.2, 0) is 13.6 Å². The highest BCUT2D eigenvalue weighted by Gasteiger charge is 2.07. The molecule has 1 N–H and O–H groups in total. The first-order valence-electron chi connectivity index (χ1n) is 5.59. The zero-order valence-electron chi connectivity index (χ0n) is 10.3. The molecule has 0 aliphatic heterocycles. The molecule has 1 amide bonds. The minimum absolute atomic E-state index is 0.228. The average Bonchev–Trinajstić information content (AvgIpc) is 2.66. The number of nitrogens with zero attached hydrogens (tertiary/aromatic N) is 2. The summed E-state index contributed by atoms with van der Waals surface area (Å²) in [6, 6.07) is 7.36. The van der Waals surface area contributed by atoms with Crippen LogP contribution >= 0.6 is 0 Å². The Balaban J connectivity index is 2.00. The van der Waals surface area contributed by atoms with Gasteiger partial charge in [-0.05, 0) is 37.3 Å². The summed E-state index contributed by atoms with van der Waals surface area (Å²) in [5.74, 6) is -0.581. The first-order valence-corrected chi connectivity index (χ1v) is 5.59. The molecule has 0 saturated carbocycles. The Labute approximate surface area is 104 Å². The Morgan fingerprint density at radius 3 is 2.61 bits per heavy atom. The fourth-order valence-electron chi connectivity index (χ4n) is 1.70. The smallest absolute Gasteiger partial charge is 0.251 e. The molecule has 94 valence electrons. The van der Waals surface area contributed by atoms with Crippen molar-refractivity contribution in [3.8, 4) is 0 Å². The third-order valence-electron chi connectivity index (χ3n) is 2.64. The number of carbonyl (C=O) groups is 1. The van der Waals surface area contributed by atoms with Gasteiger partial charge in [-0.25, -0.2) is 4.39 Å². The summed E-state index contributed by atoms with van der Waals surface area (Å²) in [6.07, 6.45) is 0. The van der Waals surface area contributed by atoms with Crippen molar-refractivity contribution in [1.82, 2.24) is 15.1 Å². The van der Waals surface area contributed by atoms with Gasteiger partial charge in [-0.1, -0.05) is 0 Å². The Kier molecular flexibility index (Phi) is 3.41. The number of hydrogen-bond acceptors (Lipinski definition) is 2. The molecule has 0 aliphatic carbocycles. The van der Waals surface area contributed by atoms with Crippen LogP contribution in [0.5, 0.6) is 0 Å². The summed E-state index contributed by atoms with van der Waals surface area (Å²) in [4.78, 5) is 11.8. The summed E-state index contributed by atoms with van der Waals surface area (Å²) >= 11 is 0. The van der Waals surface area contributed by atoms with Crippen LogP contribution in [0.15, 0.2) is 30.3 Å². The van der Waals surface area contributed by atoms with E-state index in [-0.39, 0.29) is 11.7 Å². The zero-order chi connectivity index (χ0) is 13.1. The lowest BCUT2D eigenvalue weighted by atomic mass is 10.2. The first-order chi connectivity index (χ1) is 8.56. The van der Waals surface area contributed by atoms with Crippen LogP contribution in [0.1, 0.15) is 21.7 Å². The van der Waals surface area contributed by atoms with E-state index >= 15 is 0 Å². The molecule has 1 aromatic carbocycles. The van der Waals surface area contributed by atoms with E-state index in [1.165, 1.54) is 24.3 Å². The second kappa shape index (κ2) is 5.00. The lowest BCUT2D eigenvalue weighted by molar-refractivity contribution is 0.0950. The molecule has 0 fully saturated rings. The number of amides is 1. The predicted octanol–water partition coefficient (Wildman–Crippen LogP) is 1.80. The number of aromatic nitrogens is 2. The molecule has 1 heterocycles. The van der Waals surface area contributed by atoms with Crippen LogP contribution < -0.4 is 5.32 Å². The van der Waals surface area contributed by atoms with Crippen LogP contribution in [0.3, 0.4) is 0 Å². The highest BCUT2D eigenvalue weighted by atomic mass is 19.1. The number of hydrogen-bond donors (Lipinski definition) is 1. The lowest BCUT2D eigenvalue weighted by Gasteiger charge is -2.05. The van der Waals surface area contributed by atoms with E-state index in [0.717, 1.165) is 11.4 Å². The summed E-state index contributed by atoms with van der Waals surface area (Å²) in [5, 5.41) is 6.96. The zero-order valence-corrected chi connectivity index (χ0v) is 10.3. The topological polar surface area (TPSA) is 46.9 Å². The largest absolute Gasteiger partial charge is 0.346 e. The third-order valence-corrected chi connectivity index (χ3v) is 2.64. The Bertz CT molecular complexity index is 560. The van der Waals surface area contributed by atoms with Crippen molar-refractivity contribution in [3.63, 3.8) is 0 Å². The van der Waals surface area contributed by atoms with Crippen LogP contribution in [0.4, 0.5) is 4.39 Å². The van der Waals surface area contributed by atoms with Crippen molar-refractivity contribution in [2.24, 2.45) is 7.05 Å². The van der Waals surface area contributed by atoms with Gasteiger partial charge in [0.05, 0.1) is 17.9 Å². The fourth-order valence-corrected chi connectivity index (χ4v) is 1.70. The molecule has 0 atom stereocenters. The maximum absolute atomic E-state index is 12.7. The second-order valence-corrected chi connectivity index (χ2v) is 4.09. The number of benzene rings is 1. The molecule has 1 aromatic heterocycles. The lowest BCUT2D eigenvalue weighted by Crippen LogP contribution is -2.23. The van der Waals surface area contributed by atoms with Crippen molar-refractivity contribution < 1.29 is 9.18 Å². The van der Waals surface area contributed by atoms with Crippen molar-refractivity contribution in [2.45, 2.75) is 13.5 Å². The molecule has 2 aromatic rings. The molecule has 0 saturated heterocycles. The van der Waals surface area contributed by atoms with Gasteiger partial charge < -0.3 is 5.32 Å². The Hall–Kier alpha value is -2.17. The second-order valence-electron chi connectivity index (χ2n) is 4.09. The average molecular weight is 247 g/mol. The highest BCUT2D eigenvalue weighted by Crippen LogP contribution is 2.04. The van der Waals surface area contributed by atoms with E-state index in [4.69, 9.17) is 0 Å². The molecule has 0 radical (unpaired) electrons. The summed E-state index contributed by atoms with van der Waals surface area (Å²) in [5.41, 5.74) is 2.27. The molecule has 0 aliphatic rings. The Morgan fingerprint density at radius 1 is 1.39 bits per heavy atom. The van der Waals surface area contributed by atoms with Crippen molar-refractivity contribution in [3.05, 3.63) is 53.1 Å². The minimum atomic E-state index is -0.353. The molecule has 2 rings (SSSR count). The summed E-state index contributed by atoms with van der Waals surface area (Å²) < 4.78 is 14.4. The maximum atomic E-state index is 12.7. The SMILES string of the molecule is Cc1cc(CNC(=O)c2ccc(F)cc2)n(C)n1. The van der Waals surface area contributed by atoms with Gasteiger partial charge in [-0.2, -0.15) is 5.10 Å². The quantitative estimate of drug-likeness (QED) is 0.899. The summed E-state index contributed by atoms with van der Waals surface area (Å²) in [7, 11) is 1.83. The van der Waals surface area contributed by atoms with Gasteiger partial charge in [0.2, 0.25) is 0 Å². The van der Waals surface area contributed by atoms with E-state index in [1.54, 1.807) is 4.68 Å². The molecule has 18 heavy (non-hydrogen) atoms. The van der Waals surface area contributed by atoms with Crippen molar-refractivity contribution >= 4 is 5.91 Å². The van der Waals surface area contributed by atoms with Gasteiger partial charge in [0.25, 0.3) is 5.91 Å². The van der Waals surface area contributed by atoms with Gasteiger partial charge in [0, 0.05) is 12.6 Å². The number of carbonyl (C=O) groups excluding carboxylic acids is 1. The van der Waals surface area contributed by atoms with Crippen LogP contribution in [0.2, 0.25) is 0 Å². The standard InChI is InChI=1S/C13H14FN3O/c1-9-7-12(17(2)16-9)8-15-13(18)10-3-5-11(14)6-4-10/h3-7H,8H2,1-2H3,(H,15,18). The number of aryl methyl sites for hydroxylation is 2. The first kappa shape index (κ1) is 12.3. The van der Waals surface area contributed by atoms with Gasteiger partial charge in [-0.3, -0.25) is 9.48 Å². The maximum Gasteiger partial charge on any atom is 0.251 e. The van der Waals surface area contributed by atoms with Gasteiger partial charge >= 0.3 is 0 Å². The van der Waals surface area contributed by atoms with Crippen molar-refractivity contribution in [2.75, 3.05) is 0 Å². The molecule has 0 unspecified atom stereocenters. The van der Waals surface area contributed by atoms with Crippen molar-refractivity contribution in [1.29, 1.82) is 0 Å². The molecule has 0 bridgehead atoms. The van der Waals surface area contributed by atoms with Crippen LogP contribution in [-0.4, -0.2) is 15.7 Å². The number of rotatable bonds is 3. The highest BCUT2D eigenvalue weighted by molar-refractivity contribution is 5.94. The third kappa shape index (κ3) is 2.74. The monoisotopic (exact) mass is 247 g/mol. The van der Waals surface area contributed by atoms with Gasteiger partial charge in [0.1, 0.15) is 5.82 Å². The van der Waals surface area contributed by atoms with E-state index in [0.29, 0.717) is 12.1 Å². The molecule has 0 spiro atoms. The molecule has 5 heteroatoms. The fraction of sp³-hybridized carbons (Fsp3) is 0.231. The van der Waals surface area contributed by atoms with E-state index in [1.807, 2.05) is 20.0 Å². The number of halogens is 1. The molecule has 4 nitrogen and oxygen atoms in total. The Morgan fingerprint density at radius 2 is 2.06 bits per heavy atom. The molecular formula is C13H14FN3O. The minimum Gasteiger partial charge on any atom is -0.346 e. The number of nitrogens with one attached hydrogen (secondary N) is 1. The summed E-state index contributed by atoms with van der Waals surface area (Å²) in [6.45, 7) is 2.29. The van der Waals surface area contributed by atoms with E-state index in [2.05, 4.69) is 10.4 Å². The van der Waals surface area contributed by atoms with Crippen LogP contribution in [0.25, 0.3) is 0 Å². The van der Waals surface area contributed by atoms with E-state index in [9.17, 15) is 9.18 Å².